The van der Waals surface area contributed by atoms with E-state index in [1.54, 1.807) is 12.1 Å². The molecule has 20 heavy (non-hydrogen) atoms. The molecule has 5 nitrogen and oxygen atoms in total. The molecule has 0 atom stereocenters. The number of methoxy groups -OCH3 is 2. The number of ether oxygens (including phenoxy) is 3. The average molecular weight is 296 g/mol. The van der Waals surface area contributed by atoms with Crippen LogP contribution in [0.1, 0.15) is 17.4 Å². The Balaban J connectivity index is 2.80. The normalized spacial score (nSPS) is 10.4. The van der Waals surface area contributed by atoms with Crippen molar-refractivity contribution in [2.75, 3.05) is 20.8 Å². The van der Waals surface area contributed by atoms with E-state index >= 15 is 0 Å². The molecule has 0 saturated heterocycles. The molecule has 1 aromatic heterocycles. The summed E-state index contributed by atoms with van der Waals surface area (Å²) in [4.78, 5) is 15.9. The zero-order valence-corrected chi connectivity index (χ0v) is 12.2. The molecule has 0 aliphatic heterocycles. The van der Waals surface area contributed by atoms with Gasteiger partial charge in [-0.05, 0) is 19.1 Å². The Morgan fingerprint density at radius 2 is 2.05 bits per heavy atom. The van der Waals surface area contributed by atoms with Crippen molar-refractivity contribution in [2.45, 2.75) is 6.92 Å². The molecule has 0 unspecified atom stereocenters. The second kappa shape index (κ2) is 5.96. The number of nitrogens with zero attached hydrogens (tertiary/aromatic N) is 1. The molecule has 1 aromatic carbocycles. The second-order valence-corrected chi connectivity index (χ2v) is 4.31. The van der Waals surface area contributed by atoms with Gasteiger partial charge in [0.15, 0.2) is 5.69 Å². The van der Waals surface area contributed by atoms with Crippen LogP contribution in [0.2, 0.25) is 5.02 Å². The van der Waals surface area contributed by atoms with Gasteiger partial charge in [0, 0.05) is 6.07 Å². The van der Waals surface area contributed by atoms with E-state index in [1.165, 1.54) is 20.3 Å². The highest BCUT2D eigenvalue weighted by Gasteiger charge is 2.18. The van der Waals surface area contributed by atoms with Gasteiger partial charge in [-0.3, -0.25) is 0 Å². The lowest BCUT2D eigenvalue weighted by molar-refractivity contribution is 0.0594. The maximum Gasteiger partial charge on any atom is 0.356 e. The maximum atomic E-state index is 11.7. The minimum absolute atomic E-state index is 0.143. The zero-order chi connectivity index (χ0) is 14.7. The Labute approximate surface area is 121 Å². The Bertz CT molecular complexity index is 657. The van der Waals surface area contributed by atoms with Crippen LogP contribution in [0.15, 0.2) is 18.2 Å². The standard InChI is InChI=1S/C14H14ClNO4/c1-4-20-11-7-9(14(17)19-3)16-13-10(18-2)6-5-8(15)12(11)13/h5-7H,4H2,1-3H3. The molecule has 1 heterocycles. The van der Waals surface area contributed by atoms with Crippen LogP contribution in [0.25, 0.3) is 10.9 Å². The third kappa shape index (κ3) is 2.49. The number of esters is 1. The van der Waals surface area contributed by atoms with Gasteiger partial charge in [0.1, 0.15) is 17.0 Å². The van der Waals surface area contributed by atoms with E-state index in [4.69, 9.17) is 25.8 Å². The van der Waals surface area contributed by atoms with Crippen LogP contribution in [0.3, 0.4) is 0 Å². The number of pyridine rings is 1. The molecule has 0 fully saturated rings. The Morgan fingerprint density at radius 1 is 1.30 bits per heavy atom. The second-order valence-electron chi connectivity index (χ2n) is 3.90. The van der Waals surface area contributed by atoms with Crippen LogP contribution in [-0.4, -0.2) is 31.8 Å². The number of hydrogen-bond acceptors (Lipinski definition) is 5. The molecule has 0 spiro atoms. The average Bonchev–Trinajstić information content (AvgIpc) is 2.46. The molecule has 0 aliphatic rings. The van der Waals surface area contributed by atoms with Crippen LogP contribution in [-0.2, 0) is 4.74 Å². The van der Waals surface area contributed by atoms with Gasteiger partial charge in [0.05, 0.1) is 31.2 Å². The lowest BCUT2D eigenvalue weighted by atomic mass is 10.1. The van der Waals surface area contributed by atoms with E-state index in [0.717, 1.165) is 0 Å². The predicted molar refractivity (Wildman–Crippen MR) is 75.8 cm³/mol. The quantitative estimate of drug-likeness (QED) is 0.811. The molecule has 0 amide bonds. The third-order valence-electron chi connectivity index (χ3n) is 2.75. The van der Waals surface area contributed by atoms with Crippen molar-refractivity contribution in [2.24, 2.45) is 0 Å². The molecule has 0 saturated carbocycles. The molecule has 0 bridgehead atoms. The van der Waals surface area contributed by atoms with Crippen LogP contribution < -0.4 is 9.47 Å². The van der Waals surface area contributed by atoms with Crippen LogP contribution in [0.5, 0.6) is 11.5 Å². The highest BCUT2D eigenvalue weighted by molar-refractivity contribution is 6.36. The van der Waals surface area contributed by atoms with Crippen molar-refractivity contribution in [3.8, 4) is 11.5 Å². The third-order valence-corrected chi connectivity index (χ3v) is 3.07. The number of halogens is 1. The number of benzene rings is 1. The summed E-state index contributed by atoms with van der Waals surface area (Å²) in [6, 6.07) is 4.90. The molecule has 2 rings (SSSR count). The van der Waals surface area contributed by atoms with Crippen molar-refractivity contribution < 1.29 is 19.0 Å². The summed E-state index contributed by atoms with van der Waals surface area (Å²) in [5, 5.41) is 1.09. The molecular formula is C14H14ClNO4. The molecule has 0 radical (unpaired) electrons. The van der Waals surface area contributed by atoms with Gasteiger partial charge >= 0.3 is 5.97 Å². The lowest BCUT2D eigenvalue weighted by Gasteiger charge is -2.12. The van der Waals surface area contributed by atoms with E-state index in [-0.39, 0.29) is 5.69 Å². The summed E-state index contributed by atoms with van der Waals surface area (Å²) in [5.41, 5.74) is 0.607. The molecule has 6 heteroatoms. The topological polar surface area (TPSA) is 57.7 Å². The van der Waals surface area contributed by atoms with E-state index in [2.05, 4.69) is 4.98 Å². The van der Waals surface area contributed by atoms with Crippen LogP contribution in [0.4, 0.5) is 0 Å². The largest absolute Gasteiger partial charge is 0.494 e. The first-order valence-corrected chi connectivity index (χ1v) is 6.38. The number of aromatic nitrogens is 1. The van der Waals surface area contributed by atoms with Gasteiger partial charge in [0.25, 0.3) is 0 Å². The number of rotatable bonds is 4. The SMILES string of the molecule is CCOc1cc(C(=O)OC)nc2c(OC)ccc(Cl)c12. The van der Waals surface area contributed by atoms with Crippen LogP contribution >= 0.6 is 11.6 Å². The van der Waals surface area contributed by atoms with E-state index in [1.807, 2.05) is 6.92 Å². The van der Waals surface area contributed by atoms with E-state index < -0.39 is 5.97 Å². The first-order chi connectivity index (χ1) is 9.62. The van der Waals surface area contributed by atoms with Gasteiger partial charge in [-0.15, -0.1) is 0 Å². The number of hydrogen-bond donors (Lipinski definition) is 0. The fraction of sp³-hybridized carbons (Fsp3) is 0.286. The molecule has 106 valence electrons. The van der Waals surface area contributed by atoms with Crippen molar-refractivity contribution in [1.29, 1.82) is 0 Å². The fourth-order valence-corrected chi connectivity index (χ4v) is 2.13. The van der Waals surface area contributed by atoms with Gasteiger partial charge in [0.2, 0.25) is 0 Å². The maximum absolute atomic E-state index is 11.7. The first kappa shape index (κ1) is 14.4. The summed E-state index contributed by atoms with van der Waals surface area (Å²) in [5.74, 6) is 0.438. The monoisotopic (exact) mass is 295 g/mol. The van der Waals surface area contributed by atoms with Crippen molar-refractivity contribution in [1.82, 2.24) is 4.98 Å². The minimum atomic E-state index is -0.546. The molecular weight excluding hydrogens is 282 g/mol. The lowest BCUT2D eigenvalue weighted by Crippen LogP contribution is -2.06. The summed E-state index contributed by atoms with van der Waals surface area (Å²) in [6.07, 6.45) is 0. The van der Waals surface area contributed by atoms with Crippen molar-refractivity contribution in [3.63, 3.8) is 0 Å². The Kier molecular flexibility index (Phi) is 4.29. The number of carbonyl (C=O) groups excluding carboxylic acids is 1. The number of fused-ring (bicyclic) bond motifs is 1. The highest BCUT2D eigenvalue weighted by atomic mass is 35.5. The van der Waals surface area contributed by atoms with Gasteiger partial charge in [-0.25, -0.2) is 9.78 Å². The summed E-state index contributed by atoms with van der Waals surface area (Å²) in [7, 11) is 2.82. The summed E-state index contributed by atoms with van der Waals surface area (Å²) in [6.45, 7) is 2.28. The smallest absolute Gasteiger partial charge is 0.356 e. The minimum Gasteiger partial charge on any atom is -0.494 e. The van der Waals surface area contributed by atoms with E-state index in [9.17, 15) is 4.79 Å². The van der Waals surface area contributed by atoms with Crippen LogP contribution in [0, 0.1) is 0 Å². The summed E-state index contributed by atoms with van der Waals surface area (Å²) < 4.78 is 15.5. The highest BCUT2D eigenvalue weighted by Crippen LogP contribution is 2.37. The Morgan fingerprint density at radius 3 is 2.65 bits per heavy atom. The predicted octanol–water partition coefficient (Wildman–Crippen LogP) is 3.08. The van der Waals surface area contributed by atoms with Gasteiger partial charge in [-0.1, -0.05) is 11.6 Å². The molecule has 0 aliphatic carbocycles. The van der Waals surface area contributed by atoms with Gasteiger partial charge in [-0.2, -0.15) is 0 Å². The summed E-state index contributed by atoms with van der Waals surface area (Å²) >= 11 is 6.20. The number of carbonyl (C=O) groups is 1. The first-order valence-electron chi connectivity index (χ1n) is 6.00. The zero-order valence-electron chi connectivity index (χ0n) is 11.4. The molecule has 0 N–H and O–H groups in total. The van der Waals surface area contributed by atoms with E-state index in [0.29, 0.717) is 34.0 Å². The molecule has 2 aromatic rings. The van der Waals surface area contributed by atoms with Gasteiger partial charge < -0.3 is 14.2 Å². The Hall–Kier alpha value is -2.01. The van der Waals surface area contributed by atoms with Crippen molar-refractivity contribution >= 4 is 28.5 Å². The van der Waals surface area contributed by atoms with Crippen molar-refractivity contribution in [3.05, 3.63) is 28.9 Å². The fourth-order valence-electron chi connectivity index (χ4n) is 1.89.